The molecule has 0 bridgehead atoms. The van der Waals surface area contributed by atoms with E-state index in [0.29, 0.717) is 17.3 Å². The molecule has 2 heterocycles. The van der Waals surface area contributed by atoms with Gasteiger partial charge >= 0.3 is 0 Å². The Balaban J connectivity index is 1.79. The maximum absolute atomic E-state index is 12.8. The minimum absolute atomic E-state index is 0.182. The van der Waals surface area contributed by atoms with Gasteiger partial charge in [0.25, 0.3) is 5.56 Å². The molecular formula is C18H14BrN3O2. The van der Waals surface area contributed by atoms with Crippen LogP contribution in [0.25, 0.3) is 10.9 Å². The van der Waals surface area contributed by atoms with E-state index in [1.165, 1.54) is 10.9 Å². The molecule has 6 heteroatoms. The van der Waals surface area contributed by atoms with Crippen LogP contribution in [0.5, 0.6) is 0 Å². The molecule has 0 spiro atoms. The van der Waals surface area contributed by atoms with Gasteiger partial charge in [0.1, 0.15) is 6.04 Å². The Morgan fingerprint density at radius 3 is 2.88 bits per heavy atom. The van der Waals surface area contributed by atoms with Crippen LogP contribution >= 0.6 is 15.9 Å². The van der Waals surface area contributed by atoms with Crippen molar-refractivity contribution in [3.05, 3.63) is 69.2 Å². The fraction of sp³-hybridized carbons (Fsp3) is 0.167. The largest absolute Gasteiger partial charge is 0.324 e. The number of amides is 1. The van der Waals surface area contributed by atoms with Gasteiger partial charge in [-0.15, -0.1) is 0 Å². The molecular weight excluding hydrogens is 370 g/mol. The number of nitrogens with zero attached hydrogens (tertiary/aromatic N) is 2. The minimum atomic E-state index is -0.569. The first-order valence-electron chi connectivity index (χ1n) is 7.68. The number of hydrogen-bond donors (Lipinski definition) is 1. The molecule has 0 saturated heterocycles. The Hall–Kier alpha value is -2.47. The van der Waals surface area contributed by atoms with Crippen LogP contribution in [0.2, 0.25) is 0 Å². The van der Waals surface area contributed by atoms with Gasteiger partial charge in [-0.05, 0) is 42.7 Å². The molecule has 1 aliphatic heterocycles. The van der Waals surface area contributed by atoms with E-state index in [-0.39, 0.29) is 11.5 Å². The number of anilines is 1. The molecule has 0 unspecified atom stereocenters. The molecule has 2 aromatic carbocycles. The molecule has 120 valence electrons. The third kappa shape index (κ3) is 2.53. The number of aryl methyl sites for hydroxylation is 1. The second kappa shape index (κ2) is 5.87. The summed E-state index contributed by atoms with van der Waals surface area (Å²) in [4.78, 5) is 29.8. The summed E-state index contributed by atoms with van der Waals surface area (Å²) in [6.45, 7) is 0. The van der Waals surface area contributed by atoms with E-state index < -0.39 is 6.04 Å². The predicted molar refractivity (Wildman–Crippen MR) is 96.1 cm³/mol. The van der Waals surface area contributed by atoms with Crippen LogP contribution in [0.3, 0.4) is 0 Å². The molecule has 0 radical (unpaired) electrons. The Morgan fingerprint density at radius 1 is 1.17 bits per heavy atom. The number of fused-ring (bicyclic) bond motifs is 2. The number of aromatic nitrogens is 2. The molecule has 5 nitrogen and oxygen atoms in total. The highest BCUT2D eigenvalue weighted by molar-refractivity contribution is 9.10. The molecule has 0 saturated carbocycles. The molecule has 24 heavy (non-hydrogen) atoms. The van der Waals surface area contributed by atoms with Crippen LogP contribution in [0.15, 0.2) is 58.1 Å². The van der Waals surface area contributed by atoms with Crippen molar-refractivity contribution in [2.45, 2.75) is 18.9 Å². The number of halogens is 1. The molecule has 1 amide bonds. The van der Waals surface area contributed by atoms with Crippen LogP contribution < -0.4 is 10.9 Å². The number of para-hydroxylation sites is 1. The Labute approximate surface area is 146 Å². The molecule has 4 rings (SSSR count). The lowest BCUT2D eigenvalue weighted by Gasteiger charge is -2.16. The monoisotopic (exact) mass is 383 g/mol. The average molecular weight is 384 g/mol. The van der Waals surface area contributed by atoms with E-state index in [1.54, 1.807) is 12.1 Å². The zero-order valence-corrected chi connectivity index (χ0v) is 14.3. The van der Waals surface area contributed by atoms with Gasteiger partial charge in [-0.25, -0.2) is 4.98 Å². The second-order valence-electron chi connectivity index (χ2n) is 5.82. The number of carbonyl (C=O) groups is 1. The zero-order valence-electron chi connectivity index (χ0n) is 12.7. The summed E-state index contributed by atoms with van der Waals surface area (Å²) in [5, 5.41) is 3.42. The Kier molecular flexibility index (Phi) is 3.69. The van der Waals surface area contributed by atoms with Gasteiger partial charge < -0.3 is 5.32 Å². The van der Waals surface area contributed by atoms with Crippen LogP contribution in [0.1, 0.15) is 18.0 Å². The summed E-state index contributed by atoms with van der Waals surface area (Å²) >= 11 is 3.38. The SMILES string of the molecule is O=C1Nc2ccccc2CC[C@@H]1n1cnc2ccc(Br)cc2c1=O. The summed E-state index contributed by atoms with van der Waals surface area (Å²) in [6, 6.07) is 12.5. The standard InChI is InChI=1S/C18H14BrN3O2/c19-12-6-7-15-13(9-12)18(24)22(10-20-15)16-8-5-11-3-1-2-4-14(11)21-17(16)23/h1-4,6-7,9-10,16H,5,8H2,(H,21,23)/t16-/m0/s1. The van der Waals surface area contributed by atoms with Gasteiger partial charge in [0.15, 0.2) is 0 Å². The van der Waals surface area contributed by atoms with Crippen LogP contribution in [-0.4, -0.2) is 15.5 Å². The lowest BCUT2D eigenvalue weighted by atomic mass is 10.1. The quantitative estimate of drug-likeness (QED) is 0.701. The summed E-state index contributed by atoms with van der Waals surface area (Å²) in [7, 11) is 0. The van der Waals surface area contributed by atoms with Gasteiger partial charge in [0, 0.05) is 10.2 Å². The highest BCUT2D eigenvalue weighted by atomic mass is 79.9. The van der Waals surface area contributed by atoms with Gasteiger partial charge in [0.05, 0.1) is 17.2 Å². The van der Waals surface area contributed by atoms with Crippen molar-refractivity contribution in [2.24, 2.45) is 0 Å². The summed E-state index contributed by atoms with van der Waals surface area (Å²) in [5.74, 6) is -0.182. The van der Waals surface area contributed by atoms with E-state index in [2.05, 4.69) is 26.2 Å². The van der Waals surface area contributed by atoms with Crippen molar-refractivity contribution in [3.8, 4) is 0 Å². The minimum Gasteiger partial charge on any atom is -0.324 e. The van der Waals surface area contributed by atoms with Crippen molar-refractivity contribution < 1.29 is 4.79 Å². The Morgan fingerprint density at radius 2 is 2.00 bits per heavy atom. The molecule has 1 atom stereocenters. The topological polar surface area (TPSA) is 64.0 Å². The second-order valence-corrected chi connectivity index (χ2v) is 6.74. The first kappa shape index (κ1) is 15.1. The highest BCUT2D eigenvalue weighted by Crippen LogP contribution is 2.26. The van der Waals surface area contributed by atoms with Crippen molar-refractivity contribution in [2.75, 3.05) is 5.32 Å². The van der Waals surface area contributed by atoms with Crippen LogP contribution in [0, 0.1) is 0 Å². The van der Waals surface area contributed by atoms with E-state index in [9.17, 15) is 9.59 Å². The van der Waals surface area contributed by atoms with Crippen LogP contribution in [0.4, 0.5) is 5.69 Å². The maximum Gasteiger partial charge on any atom is 0.261 e. The number of rotatable bonds is 1. The molecule has 1 N–H and O–H groups in total. The van der Waals surface area contributed by atoms with Crippen molar-refractivity contribution in [1.82, 2.24) is 9.55 Å². The predicted octanol–water partition coefficient (Wildman–Crippen LogP) is 3.29. The third-order valence-electron chi connectivity index (χ3n) is 4.35. The summed E-state index contributed by atoms with van der Waals surface area (Å²) in [5.41, 5.74) is 2.32. The van der Waals surface area contributed by atoms with Crippen molar-refractivity contribution >= 4 is 38.4 Å². The van der Waals surface area contributed by atoms with E-state index in [4.69, 9.17) is 0 Å². The summed E-state index contributed by atoms with van der Waals surface area (Å²) < 4.78 is 2.25. The van der Waals surface area contributed by atoms with Gasteiger partial charge in [0.2, 0.25) is 5.91 Å². The third-order valence-corrected chi connectivity index (χ3v) is 4.84. The van der Waals surface area contributed by atoms with Gasteiger partial charge in [-0.1, -0.05) is 34.1 Å². The first-order chi connectivity index (χ1) is 11.6. The van der Waals surface area contributed by atoms with Gasteiger partial charge in [-0.2, -0.15) is 0 Å². The zero-order chi connectivity index (χ0) is 16.7. The number of benzene rings is 2. The fourth-order valence-corrected chi connectivity index (χ4v) is 3.46. The molecule has 1 aromatic heterocycles. The number of nitrogens with one attached hydrogen (secondary N) is 1. The molecule has 0 aliphatic carbocycles. The first-order valence-corrected chi connectivity index (χ1v) is 8.48. The molecule has 1 aliphatic rings. The average Bonchev–Trinajstić information content (AvgIpc) is 2.74. The van der Waals surface area contributed by atoms with Crippen LogP contribution in [-0.2, 0) is 11.2 Å². The van der Waals surface area contributed by atoms with Crippen molar-refractivity contribution in [3.63, 3.8) is 0 Å². The fourth-order valence-electron chi connectivity index (χ4n) is 3.10. The lowest BCUT2D eigenvalue weighted by Crippen LogP contribution is -2.32. The number of carbonyl (C=O) groups excluding carboxylic acids is 1. The lowest BCUT2D eigenvalue weighted by molar-refractivity contribution is -0.119. The number of hydrogen-bond acceptors (Lipinski definition) is 3. The Bertz CT molecular complexity index is 1010. The molecule has 3 aromatic rings. The maximum atomic E-state index is 12.8. The van der Waals surface area contributed by atoms with E-state index in [0.717, 1.165) is 22.1 Å². The van der Waals surface area contributed by atoms with Gasteiger partial charge in [-0.3, -0.25) is 14.2 Å². The normalized spacial score (nSPS) is 17.2. The van der Waals surface area contributed by atoms with E-state index in [1.807, 2.05) is 30.3 Å². The van der Waals surface area contributed by atoms with Crippen molar-refractivity contribution in [1.29, 1.82) is 0 Å². The summed E-state index contributed by atoms with van der Waals surface area (Å²) in [6.07, 6.45) is 2.76. The smallest absolute Gasteiger partial charge is 0.261 e. The highest BCUT2D eigenvalue weighted by Gasteiger charge is 2.26. The molecule has 0 fully saturated rings. The van der Waals surface area contributed by atoms with E-state index >= 15 is 0 Å².